The summed E-state index contributed by atoms with van der Waals surface area (Å²) < 4.78 is 12.8. The number of hydrogen-bond acceptors (Lipinski definition) is 4. The van der Waals surface area contributed by atoms with Gasteiger partial charge in [0.1, 0.15) is 16.7 Å². The summed E-state index contributed by atoms with van der Waals surface area (Å²) in [5, 5.41) is 6.66. The molecule has 2 heterocycles. The maximum absolute atomic E-state index is 6.60. The van der Waals surface area contributed by atoms with Crippen molar-refractivity contribution < 1.29 is 8.83 Å². The lowest BCUT2D eigenvalue weighted by Crippen LogP contribution is -2.10. The summed E-state index contributed by atoms with van der Waals surface area (Å²) in [7, 11) is 0. The molecule has 11 aromatic rings. The van der Waals surface area contributed by atoms with Gasteiger partial charge in [-0.05, 0) is 93.7 Å². The summed E-state index contributed by atoms with van der Waals surface area (Å²) in [5.41, 5.74) is 12.1. The second-order valence-corrected chi connectivity index (χ2v) is 13.9. The first-order valence-electron chi connectivity index (χ1n) is 18.5. The third kappa shape index (κ3) is 5.19. The quantitative estimate of drug-likeness (QED) is 0.162. The molecular formula is C51H32N2O2. The van der Waals surface area contributed by atoms with E-state index in [0.29, 0.717) is 5.89 Å². The smallest absolute Gasteiger partial charge is 0.227 e. The standard InChI is InChI=1S/C51H32N2O2/c1-2-13-33(14-3-1)39-17-4-5-18-40(39)35-15-12-16-37(31-35)53(38-29-30-48-46(32-38)43-21-10-11-24-47(43)54-48)36-27-25-34(26-28-36)51-52-49-44-22-8-6-19-41(44)42-20-7-9-23-45(42)50(49)55-51/h1-32H. The minimum atomic E-state index is 0.598. The third-order valence-corrected chi connectivity index (χ3v) is 10.7. The van der Waals surface area contributed by atoms with Crippen LogP contribution >= 0.6 is 0 Å². The maximum Gasteiger partial charge on any atom is 0.227 e. The van der Waals surface area contributed by atoms with E-state index in [2.05, 4.69) is 187 Å². The number of fused-ring (bicyclic) bond motifs is 9. The Labute approximate surface area is 317 Å². The summed E-state index contributed by atoms with van der Waals surface area (Å²) >= 11 is 0. The van der Waals surface area contributed by atoms with Crippen LogP contribution in [0.1, 0.15) is 0 Å². The molecular weight excluding hydrogens is 673 g/mol. The van der Waals surface area contributed by atoms with Gasteiger partial charge in [0.25, 0.3) is 0 Å². The van der Waals surface area contributed by atoms with Gasteiger partial charge in [-0.15, -0.1) is 0 Å². The first kappa shape index (κ1) is 31.1. The van der Waals surface area contributed by atoms with Crippen molar-refractivity contribution in [2.75, 3.05) is 4.90 Å². The number of benzene rings is 9. The SMILES string of the molecule is c1ccc(-c2ccccc2-c2cccc(N(c3ccc(-c4nc5c6ccccc6c6ccccc6c5o4)cc3)c3ccc4oc5ccccc5c4c3)c2)cc1. The van der Waals surface area contributed by atoms with Gasteiger partial charge < -0.3 is 13.7 Å². The van der Waals surface area contributed by atoms with E-state index in [1.165, 1.54) is 22.1 Å². The van der Waals surface area contributed by atoms with Crippen molar-refractivity contribution in [2.24, 2.45) is 0 Å². The van der Waals surface area contributed by atoms with Crippen molar-refractivity contribution >= 4 is 71.6 Å². The van der Waals surface area contributed by atoms with Gasteiger partial charge in [-0.2, -0.15) is 0 Å². The van der Waals surface area contributed by atoms with Crippen molar-refractivity contribution in [3.05, 3.63) is 194 Å². The molecule has 0 saturated heterocycles. The number of nitrogens with zero attached hydrogens (tertiary/aromatic N) is 2. The molecule has 0 unspecified atom stereocenters. The Kier molecular flexibility index (Phi) is 7.14. The lowest BCUT2D eigenvalue weighted by atomic mass is 9.94. The Bertz CT molecular complexity index is 3140. The van der Waals surface area contributed by atoms with Gasteiger partial charge in [-0.3, -0.25) is 0 Å². The molecule has 0 amide bonds. The van der Waals surface area contributed by atoms with Crippen LogP contribution in [-0.2, 0) is 0 Å². The molecule has 0 aliphatic heterocycles. The Morgan fingerprint density at radius 2 is 0.927 bits per heavy atom. The van der Waals surface area contributed by atoms with Crippen molar-refractivity contribution in [1.82, 2.24) is 4.98 Å². The molecule has 9 aromatic carbocycles. The van der Waals surface area contributed by atoms with Crippen molar-refractivity contribution in [3.8, 4) is 33.7 Å². The first-order chi connectivity index (χ1) is 27.3. The monoisotopic (exact) mass is 704 g/mol. The molecule has 2 aromatic heterocycles. The fourth-order valence-electron chi connectivity index (χ4n) is 8.12. The molecule has 0 bridgehead atoms. The number of furan rings is 1. The van der Waals surface area contributed by atoms with Crippen LogP contribution in [0.25, 0.3) is 88.3 Å². The fourth-order valence-corrected chi connectivity index (χ4v) is 8.12. The number of rotatable bonds is 6. The van der Waals surface area contributed by atoms with Gasteiger partial charge in [0.2, 0.25) is 5.89 Å². The lowest BCUT2D eigenvalue weighted by Gasteiger charge is -2.26. The summed E-state index contributed by atoms with van der Waals surface area (Å²) in [6, 6.07) is 68.0. The molecule has 11 rings (SSSR count). The van der Waals surface area contributed by atoms with Crippen LogP contribution in [-0.4, -0.2) is 4.98 Å². The molecule has 0 aliphatic carbocycles. The molecule has 0 fully saturated rings. The molecule has 4 nitrogen and oxygen atoms in total. The summed E-state index contributed by atoms with van der Waals surface area (Å²) in [6.45, 7) is 0. The predicted molar refractivity (Wildman–Crippen MR) is 227 cm³/mol. The molecule has 0 atom stereocenters. The van der Waals surface area contributed by atoms with Crippen LogP contribution < -0.4 is 4.90 Å². The van der Waals surface area contributed by atoms with Crippen molar-refractivity contribution in [1.29, 1.82) is 0 Å². The zero-order valence-electron chi connectivity index (χ0n) is 29.7. The van der Waals surface area contributed by atoms with Crippen molar-refractivity contribution in [2.45, 2.75) is 0 Å². The Morgan fingerprint density at radius 1 is 0.345 bits per heavy atom. The van der Waals surface area contributed by atoms with Crippen molar-refractivity contribution in [3.63, 3.8) is 0 Å². The average Bonchev–Trinajstić information content (AvgIpc) is 3.88. The van der Waals surface area contributed by atoms with E-state index in [1.54, 1.807) is 0 Å². The van der Waals surface area contributed by atoms with E-state index in [1.807, 2.05) is 12.1 Å². The highest BCUT2D eigenvalue weighted by molar-refractivity contribution is 6.22. The normalized spacial score (nSPS) is 11.6. The van der Waals surface area contributed by atoms with Gasteiger partial charge in [-0.1, -0.05) is 133 Å². The van der Waals surface area contributed by atoms with Gasteiger partial charge in [0, 0.05) is 44.2 Å². The predicted octanol–water partition coefficient (Wildman–Crippen LogP) is 14.5. The van der Waals surface area contributed by atoms with Crippen LogP contribution in [0.4, 0.5) is 17.1 Å². The van der Waals surface area contributed by atoms with E-state index >= 15 is 0 Å². The van der Waals surface area contributed by atoms with Gasteiger partial charge in [0.05, 0.1) is 0 Å². The number of para-hydroxylation sites is 1. The molecule has 0 aliphatic rings. The molecule has 0 saturated carbocycles. The first-order valence-corrected chi connectivity index (χ1v) is 18.5. The fraction of sp³-hybridized carbons (Fsp3) is 0. The summed E-state index contributed by atoms with van der Waals surface area (Å²) in [6.07, 6.45) is 0. The van der Waals surface area contributed by atoms with E-state index in [4.69, 9.17) is 13.8 Å². The number of oxazole rings is 1. The zero-order valence-corrected chi connectivity index (χ0v) is 29.7. The summed E-state index contributed by atoms with van der Waals surface area (Å²) in [5.74, 6) is 0.598. The topological polar surface area (TPSA) is 42.4 Å². The third-order valence-electron chi connectivity index (χ3n) is 10.7. The molecule has 0 radical (unpaired) electrons. The van der Waals surface area contributed by atoms with Gasteiger partial charge in [-0.25, -0.2) is 4.98 Å². The van der Waals surface area contributed by atoms with Crippen LogP contribution in [0.5, 0.6) is 0 Å². The van der Waals surface area contributed by atoms with Gasteiger partial charge in [0.15, 0.2) is 5.58 Å². The molecule has 258 valence electrons. The number of anilines is 3. The summed E-state index contributed by atoms with van der Waals surface area (Å²) in [4.78, 5) is 7.41. The Balaban J connectivity index is 1.06. The van der Waals surface area contributed by atoms with E-state index in [-0.39, 0.29) is 0 Å². The second kappa shape index (κ2) is 12.6. The maximum atomic E-state index is 6.60. The lowest BCUT2D eigenvalue weighted by molar-refractivity contribution is 0.623. The number of aromatic nitrogens is 1. The van der Waals surface area contributed by atoms with Crippen LogP contribution in [0.2, 0.25) is 0 Å². The van der Waals surface area contributed by atoms with E-state index in [9.17, 15) is 0 Å². The van der Waals surface area contributed by atoms with Crippen LogP contribution in [0.3, 0.4) is 0 Å². The largest absolute Gasteiger partial charge is 0.456 e. The molecule has 4 heteroatoms. The number of hydrogen-bond donors (Lipinski definition) is 0. The highest BCUT2D eigenvalue weighted by atomic mass is 16.3. The van der Waals surface area contributed by atoms with Crippen LogP contribution in [0.15, 0.2) is 203 Å². The van der Waals surface area contributed by atoms with Gasteiger partial charge >= 0.3 is 0 Å². The molecule has 0 N–H and O–H groups in total. The van der Waals surface area contributed by atoms with Crippen LogP contribution in [0, 0.1) is 0 Å². The zero-order chi connectivity index (χ0) is 36.3. The molecule has 0 spiro atoms. The minimum Gasteiger partial charge on any atom is -0.456 e. The highest BCUT2D eigenvalue weighted by Gasteiger charge is 2.19. The van der Waals surface area contributed by atoms with E-state index < -0.39 is 0 Å². The minimum absolute atomic E-state index is 0.598. The second-order valence-electron chi connectivity index (χ2n) is 13.9. The average molecular weight is 705 g/mol. The van der Waals surface area contributed by atoms with E-state index in [0.717, 1.165) is 77.4 Å². The highest BCUT2D eigenvalue weighted by Crippen LogP contribution is 2.42. The Morgan fingerprint density at radius 3 is 1.73 bits per heavy atom. The molecule has 55 heavy (non-hydrogen) atoms. The Hall–Kier alpha value is -7.43.